The van der Waals surface area contributed by atoms with E-state index in [-0.39, 0.29) is 12.8 Å². The Balaban J connectivity index is 2.62. The van der Waals surface area contributed by atoms with Crippen molar-refractivity contribution in [3.8, 4) is 0 Å². The van der Waals surface area contributed by atoms with E-state index in [2.05, 4.69) is 4.28 Å². The first-order chi connectivity index (χ1) is 5.11. The fourth-order valence-electron chi connectivity index (χ4n) is 0.703. The van der Waals surface area contributed by atoms with Crippen LogP contribution in [0.2, 0.25) is 0 Å². The molecule has 0 spiro atoms. The lowest BCUT2D eigenvalue weighted by Crippen LogP contribution is -2.29. The molecule has 1 rings (SSSR count). The van der Waals surface area contributed by atoms with Crippen LogP contribution in [0.25, 0.3) is 0 Å². The first kappa shape index (κ1) is 8.31. The number of amides is 2. The van der Waals surface area contributed by atoms with Crippen LogP contribution in [0.15, 0.2) is 0 Å². The van der Waals surface area contributed by atoms with Gasteiger partial charge in [-0.1, -0.05) is 0 Å². The van der Waals surface area contributed by atoms with Crippen LogP contribution in [0, 0.1) is 0 Å². The fraction of sp³-hybridized carbons (Fsp3) is 0.500. The van der Waals surface area contributed by atoms with Crippen LogP contribution in [-0.2, 0) is 25.2 Å². The second-order valence-electron chi connectivity index (χ2n) is 1.87. The van der Waals surface area contributed by atoms with E-state index in [1.807, 2.05) is 0 Å². The fourth-order valence-corrected chi connectivity index (χ4v) is 0.997. The van der Waals surface area contributed by atoms with Gasteiger partial charge in [-0.2, -0.15) is 4.21 Å². The van der Waals surface area contributed by atoms with Crippen LogP contribution in [0.1, 0.15) is 12.8 Å². The summed E-state index contributed by atoms with van der Waals surface area (Å²) in [6.07, 6.45) is 0.0755. The average molecular weight is 179 g/mol. The molecule has 2 amide bonds. The summed E-state index contributed by atoms with van der Waals surface area (Å²) in [5.41, 5.74) is 0. The minimum atomic E-state index is -2.61. The molecule has 0 aliphatic carbocycles. The molecule has 0 aromatic heterocycles. The van der Waals surface area contributed by atoms with Gasteiger partial charge in [0.1, 0.15) is 0 Å². The zero-order valence-electron chi connectivity index (χ0n) is 5.35. The lowest BCUT2D eigenvalue weighted by Gasteiger charge is -2.07. The Hall–Kier alpha value is -0.790. The maximum Gasteiger partial charge on any atom is 0.325 e. The van der Waals surface area contributed by atoms with Gasteiger partial charge in [-0.05, 0) is 0 Å². The number of carbonyl (C=O) groups is 2. The highest BCUT2D eigenvalue weighted by Crippen LogP contribution is 2.12. The molecule has 1 fully saturated rings. The van der Waals surface area contributed by atoms with Gasteiger partial charge in [0.25, 0.3) is 11.8 Å². The maximum atomic E-state index is 10.7. The normalized spacial score (nSPS) is 21.0. The lowest BCUT2D eigenvalue weighted by atomic mass is 10.4. The van der Waals surface area contributed by atoms with Crippen molar-refractivity contribution >= 4 is 23.2 Å². The molecule has 1 aliphatic heterocycles. The average Bonchev–Trinajstić information content (AvgIpc) is 2.18. The molecule has 62 valence electrons. The minimum absolute atomic E-state index is 0.0377. The third-order valence-corrected chi connectivity index (χ3v) is 1.42. The minimum Gasteiger partial charge on any atom is -0.282 e. The third-order valence-electron chi connectivity index (χ3n) is 1.14. The standard InChI is InChI=1S/C4H5NO5S/c6-3-1-2-4(7)5(3)10-11(8)9/h1-2H2,(H,8,9). The molecule has 0 aromatic rings. The topological polar surface area (TPSA) is 83.9 Å². The van der Waals surface area contributed by atoms with E-state index >= 15 is 0 Å². The summed E-state index contributed by atoms with van der Waals surface area (Å²) in [5, 5.41) is 0.316. The molecule has 1 aliphatic rings. The quantitative estimate of drug-likeness (QED) is 0.443. The number of hydroxylamine groups is 2. The first-order valence-corrected chi connectivity index (χ1v) is 3.79. The molecular weight excluding hydrogens is 174 g/mol. The molecule has 1 N–H and O–H groups in total. The molecular formula is C4H5NO5S. The Bertz CT molecular complexity index is 211. The van der Waals surface area contributed by atoms with Crippen molar-refractivity contribution in [2.24, 2.45) is 0 Å². The van der Waals surface area contributed by atoms with E-state index in [0.717, 1.165) is 0 Å². The molecule has 1 saturated heterocycles. The highest BCUT2D eigenvalue weighted by atomic mass is 32.2. The van der Waals surface area contributed by atoms with Crippen molar-refractivity contribution in [3.63, 3.8) is 0 Å². The molecule has 6 nitrogen and oxygen atoms in total. The van der Waals surface area contributed by atoms with Crippen molar-refractivity contribution in [3.05, 3.63) is 0 Å². The Kier molecular flexibility index (Phi) is 2.32. The number of carbonyl (C=O) groups excluding carboxylic acids is 2. The summed E-state index contributed by atoms with van der Waals surface area (Å²) in [4.78, 5) is 21.3. The van der Waals surface area contributed by atoms with Gasteiger partial charge in [0, 0.05) is 12.8 Å². The zero-order chi connectivity index (χ0) is 8.43. The van der Waals surface area contributed by atoms with Gasteiger partial charge < -0.3 is 0 Å². The number of imide groups is 1. The van der Waals surface area contributed by atoms with Crippen LogP contribution < -0.4 is 0 Å². The maximum absolute atomic E-state index is 10.7. The van der Waals surface area contributed by atoms with Crippen LogP contribution in [0.5, 0.6) is 0 Å². The molecule has 0 saturated carbocycles. The molecule has 1 atom stereocenters. The van der Waals surface area contributed by atoms with Crippen molar-refractivity contribution < 1.29 is 22.6 Å². The molecule has 7 heteroatoms. The third kappa shape index (κ3) is 1.82. The second-order valence-corrected chi connectivity index (χ2v) is 2.46. The molecule has 1 unspecified atom stereocenters. The van der Waals surface area contributed by atoms with Crippen molar-refractivity contribution in [2.75, 3.05) is 0 Å². The highest BCUT2D eigenvalue weighted by molar-refractivity contribution is 7.74. The summed E-state index contributed by atoms with van der Waals surface area (Å²) in [5.74, 6) is -1.17. The van der Waals surface area contributed by atoms with E-state index in [1.54, 1.807) is 0 Å². The summed E-state index contributed by atoms with van der Waals surface area (Å²) >= 11 is -2.61. The lowest BCUT2D eigenvalue weighted by molar-refractivity contribution is -0.163. The van der Waals surface area contributed by atoms with Gasteiger partial charge >= 0.3 is 11.4 Å². The van der Waals surface area contributed by atoms with Crippen LogP contribution in [0.4, 0.5) is 0 Å². The smallest absolute Gasteiger partial charge is 0.282 e. The molecule has 1 heterocycles. The van der Waals surface area contributed by atoms with Gasteiger partial charge in [-0.15, -0.1) is 9.35 Å². The van der Waals surface area contributed by atoms with Crippen LogP contribution >= 0.6 is 0 Å². The number of nitrogens with zero attached hydrogens (tertiary/aromatic N) is 1. The predicted molar refractivity (Wildman–Crippen MR) is 32.9 cm³/mol. The zero-order valence-corrected chi connectivity index (χ0v) is 6.17. The first-order valence-electron chi connectivity index (χ1n) is 2.76. The Labute approximate surface area is 64.6 Å². The Morgan fingerprint density at radius 1 is 1.36 bits per heavy atom. The summed E-state index contributed by atoms with van der Waals surface area (Å²) in [6, 6.07) is 0. The predicted octanol–water partition coefficient (Wildman–Crippen LogP) is -0.796. The van der Waals surface area contributed by atoms with Gasteiger partial charge in [-0.25, -0.2) is 0 Å². The molecule has 0 aromatic carbocycles. The van der Waals surface area contributed by atoms with E-state index < -0.39 is 23.2 Å². The monoisotopic (exact) mass is 179 g/mol. The van der Waals surface area contributed by atoms with E-state index in [0.29, 0.717) is 5.06 Å². The van der Waals surface area contributed by atoms with E-state index in [9.17, 15) is 13.8 Å². The van der Waals surface area contributed by atoms with Gasteiger partial charge in [-0.3, -0.25) is 14.1 Å². The largest absolute Gasteiger partial charge is 0.325 e. The SMILES string of the molecule is O=C1CCC(=O)N1OS(=O)O. The van der Waals surface area contributed by atoms with E-state index in [4.69, 9.17) is 4.55 Å². The Morgan fingerprint density at radius 2 is 1.82 bits per heavy atom. The number of hydrogen-bond acceptors (Lipinski definition) is 4. The van der Waals surface area contributed by atoms with Gasteiger partial charge in [0.15, 0.2) is 0 Å². The van der Waals surface area contributed by atoms with Crippen molar-refractivity contribution in [2.45, 2.75) is 12.8 Å². The highest BCUT2D eigenvalue weighted by Gasteiger charge is 2.31. The Morgan fingerprint density at radius 3 is 2.18 bits per heavy atom. The van der Waals surface area contributed by atoms with Crippen LogP contribution in [0.3, 0.4) is 0 Å². The van der Waals surface area contributed by atoms with Gasteiger partial charge in [0.05, 0.1) is 0 Å². The summed E-state index contributed by atoms with van der Waals surface area (Å²) < 4.78 is 22.1. The summed E-state index contributed by atoms with van der Waals surface area (Å²) in [7, 11) is 0. The van der Waals surface area contributed by atoms with Crippen molar-refractivity contribution in [1.82, 2.24) is 5.06 Å². The number of hydrogen-bond donors (Lipinski definition) is 1. The van der Waals surface area contributed by atoms with Gasteiger partial charge in [0.2, 0.25) is 0 Å². The molecule has 11 heavy (non-hydrogen) atoms. The molecule has 0 radical (unpaired) electrons. The molecule has 0 bridgehead atoms. The van der Waals surface area contributed by atoms with Crippen molar-refractivity contribution in [1.29, 1.82) is 0 Å². The number of rotatable bonds is 2. The summed E-state index contributed by atoms with van der Waals surface area (Å²) in [6.45, 7) is 0. The second kappa shape index (κ2) is 3.07. The van der Waals surface area contributed by atoms with Crippen LogP contribution in [-0.4, -0.2) is 25.6 Å². The van der Waals surface area contributed by atoms with E-state index in [1.165, 1.54) is 0 Å².